The van der Waals surface area contributed by atoms with Crippen LogP contribution in [-0.2, 0) is 11.8 Å². The molecule has 2 N–H and O–H groups in total. The highest BCUT2D eigenvalue weighted by atomic mass is 15.2. The topological polar surface area (TPSA) is 29.3 Å². The summed E-state index contributed by atoms with van der Waals surface area (Å²) < 4.78 is 0. The Balaban J connectivity index is 1.52. The summed E-state index contributed by atoms with van der Waals surface area (Å²) in [7, 11) is 0. The van der Waals surface area contributed by atoms with Crippen LogP contribution in [0, 0.1) is 0 Å². The molecular weight excluding hydrogens is 436 g/mol. The average molecular weight is 465 g/mol. The number of rotatable bonds is 1. The Bertz CT molecular complexity index is 1650. The average Bonchev–Trinajstić information content (AvgIpc) is 3.25. The first kappa shape index (κ1) is 21.0. The van der Waals surface area contributed by atoms with Gasteiger partial charge in [-0.25, -0.2) is 0 Å². The number of para-hydroxylation sites is 1. The van der Waals surface area contributed by atoms with E-state index in [-0.39, 0.29) is 5.41 Å². The van der Waals surface area contributed by atoms with E-state index in [0.29, 0.717) is 0 Å². The summed E-state index contributed by atoms with van der Waals surface area (Å²) >= 11 is 0. The number of hydrogen-bond donors (Lipinski definition) is 1. The Hall–Kier alpha value is -4.30. The van der Waals surface area contributed by atoms with Crippen molar-refractivity contribution >= 4 is 28.2 Å². The molecule has 0 fully saturated rings. The molecule has 2 heterocycles. The molecule has 0 saturated carbocycles. The Morgan fingerprint density at radius 2 is 1.47 bits per heavy atom. The van der Waals surface area contributed by atoms with Crippen molar-refractivity contribution in [1.82, 2.24) is 0 Å². The van der Waals surface area contributed by atoms with Crippen LogP contribution in [0.5, 0.6) is 0 Å². The third kappa shape index (κ3) is 2.85. The molecule has 0 atom stereocenters. The molecule has 4 aromatic rings. The molecule has 4 aromatic carbocycles. The molecule has 1 aliphatic carbocycles. The van der Waals surface area contributed by atoms with Gasteiger partial charge in [-0.2, -0.15) is 0 Å². The normalized spacial score (nSPS) is 18.3. The lowest BCUT2D eigenvalue weighted by Gasteiger charge is -2.45. The summed E-state index contributed by atoms with van der Waals surface area (Å²) in [4.78, 5) is 2.38. The maximum absolute atomic E-state index is 5.96. The summed E-state index contributed by atoms with van der Waals surface area (Å²) in [5, 5.41) is 0. The van der Waals surface area contributed by atoms with Gasteiger partial charge in [0, 0.05) is 22.4 Å². The van der Waals surface area contributed by atoms with Crippen molar-refractivity contribution in [2.75, 3.05) is 10.6 Å². The number of nitrogen functional groups attached to an aromatic ring is 1. The van der Waals surface area contributed by atoms with Crippen molar-refractivity contribution in [2.45, 2.75) is 25.7 Å². The second-order valence-corrected chi connectivity index (χ2v) is 10.6. The van der Waals surface area contributed by atoms with Crippen molar-refractivity contribution < 1.29 is 0 Å². The fourth-order valence-electron chi connectivity index (χ4n) is 6.26. The molecule has 0 amide bonds. The summed E-state index contributed by atoms with van der Waals surface area (Å²) in [6.45, 7) is 9.35. The third-order valence-corrected chi connectivity index (χ3v) is 8.17. The molecule has 0 saturated heterocycles. The van der Waals surface area contributed by atoms with Crippen LogP contribution in [0.1, 0.15) is 36.1 Å². The SMILES string of the molecule is C=C1/C2=C\C3=C(Cc4ccccc43)c3ccccc3N1c1ccc(-c3ccc(N)cc3)cc1C2(C)C. The summed E-state index contributed by atoms with van der Waals surface area (Å²) in [5.74, 6) is 0. The van der Waals surface area contributed by atoms with Crippen molar-refractivity contribution in [3.05, 3.63) is 137 Å². The largest absolute Gasteiger partial charge is 0.399 e. The lowest BCUT2D eigenvalue weighted by Crippen LogP contribution is -2.36. The first-order chi connectivity index (χ1) is 17.4. The van der Waals surface area contributed by atoms with E-state index < -0.39 is 0 Å². The standard InChI is InChI=1S/C34H28N2/c1-21-30-20-29-26-9-5-4-8-24(26)18-28(29)27-10-6-7-11-32(27)36(21)33-17-14-23(19-31(33)34(30,2)3)22-12-15-25(35)16-13-22/h4-17,19-20H,1,18,35H2,2-3H3/b30-20+. The molecular formula is C34H28N2. The van der Waals surface area contributed by atoms with Gasteiger partial charge in [0.25, 0.3) is 0 Å². The second-order valence-electron chi connectivity index (χ2n) is 10.6. The number of nitrogens with zero attached hydrogens (tertiary/aromatic N) is 1. The van der Waals surface area contributed by atoms with Gasteiger partial charge in [0.2, 0.25) is 0 Å². The van der Waals surface area contributed by atoms with Gasteiger partial charge in [-0.1, -0.05) is 81.1 Å². The molecule has 2 nitrogen and oxygen atoms in total. The Labute approximate surface area is 212 Å². The maximum atomic E-state index is 5.96. The van der Waals surface area contributed by atoms with Crippen LogP contribution in [0.15, 0.2) is 115 Å². The highest BCUT2D eigenvalue weighted by Gasteiger charge is 2.41. The number of anilines is 3. The zero-order valence-electron chi connectivity index (χ0n) is 20.7. The van der Waals surface area contributed by atoms with Crippen LogP contribution < -0.4 is 10.6 Å². The minimum atomic E-state index is -0.214. The van der Waals surface area contributed by atoms with Crippen LogP contribution in [0.25, 0.3) is 22.3 Å². The quantitative estimate of drug-likeness (QED) is 0.287. The highest BCUT2D eigenvalue weighted by molar-refractivity contribution is 6.06. The first-order valence-electron chi connectivity index (χ1n) is 12.6. The van der Waals surface area contributed by atoms with Crippen molar-refractivity contribution in [3.8, 4) is 11.1 Å². The lowest BCUT2D eigenvalue weighted by atomic mass is 9.70. The number of fused-ring (bicyclic) bond motifs is 9. The summed E-state index contributed by atoms with van der Waals surface area (Å²) in [6, 6.07) is 32.6. The van der Waals surface area contributed by atoms with Gasteiger partial charge in [0.05, 0.1) is 11.4 Å². The summed E-state index contributed by atoms with van der Waals surface area (Å²) in [5.41, 5.74) is 21.7. The van der Waals surface area contributed by atoms with Gasteiger partial charge < -0.3 is 10.6 Å². The number of hydrogen-bond acceptors (Lipinski definition) is 2. The third-order valence-electron chi connectivity index (χ3n) is 8.17. The molecule has 2 heteroatoms. The van der Waals surface area contributed by atoms with Gasteiger partial charge in [-0.15, -0.1) is 0 Å². The van der Waals surface area contributed by atoms with E-state index in [4.69, 9.17) is 5.73 Å². The van der Waals surface area contributed by atoms with Gasteiger partial charge >= 0.3 is 0 Å². The highest BCUT2D eigenvalue weighted by Crippen LogP contribution is 2.55. The van der Waals surface area contributed by atoms with E-state index in [1.165, 1.54) is 61.5 Å². The number of nitrogens with two attached hydrogens (primary N) is 1. The van der Waals surface area contributed by atoms with Crippen LogP contribution >= 0.6 is 0 Å². The van der Waals surface area contributed by atoms with Gasteiger partial charge in [0.15, 0.2) is 0 Å². The smallest absolute Gasteiger partial charge is 0.0537 e. The molecule has 0 unspecified atom stereocenters. The minimum absolute atomic E-state index is 0.214. The molecule has 174 valence electrons. The molecule has 0 aromatic heterocycles. The van der Waals surface area contributed by atoms with Crippen LogP contribution in [0.2, 0.25) is 0 Å². The van der Waals surface area contributed by atoms with Crippen molar-refractivity contribution in [3.63, 3.8) is 0 Å². The van der Waals surface area contributed by atoms with E-state index in [2.05, 4.69) is 110 Å². The molecule has 3 aliphatic rings. The molecule has 7 rings (SSSR count). The lowest BCUT2D eigenvalue weighted by molar-refractivity contribution is 0.614. The van der Waals surface area contributed by atoms with Gasteiger partial charge in [0.1, 0.15) is 0 Å². The monoisotopic (exact) mass is 464 g/mol. The van der Waals surface area contributed by atoms with Gasteiger partial charge in [-0.3, -0.25) is 0 Å². The first-order valence-corrected chi connectivity index (χ1v) is 12.6. The van der Waals surface area contributed by atoms with Crippen LogP contribution in [-0.4, -0.2) is 0 Å². The molecule has 36 heavy (non-hydrogen) atoms. The van der Waals surface area contributed by atoms with Crippen molar-refractivity contribution in [2.24, 2.45) is 0 Å². The van der Waals surface area contributed by atoms with Gasteiger partial charge in [-0.05, 0) is 87.4 Å². The van der Waals surface area contributed by atoms with Crippen LogP contribution in [0.4, 0.5) is 17.1 Å². The fraction of sp³-hybridized carbons (Fsp3) is 0.118. The van der Waals surface area contributed by atoms with Crippen LogP contribution in [0.3, 0.4) is 0 Å². The van der Waals surface area contributed by atoms with E-state index >= 15 is 0 Å². The fourth-order valence-corrected chi connectivity index (χ4v) is 6.26. The minimum Gasteiger partial charge on any atom is -0.399 e. The predicted octanol–water partition coefficient (Wildman–Crippen LogP) is 8.29. The number of benzene rings is 4. The number of allylic oxidation sites excluding steroid dienone is 4. The van der Waals surface area contributed by atoms with E-state index in [1.54, 1.807) is 0 Å². The Kier molecular flexibility index (Phi) is 4.29. The van der Waals surface area contributed by atoms with E-state index in [0.717, 1.165) is 17.8 Å². The zero-order valence-corrected chi connectivity index (χ0v) is 20.7. The van der Waals surface area contributed by atoms with Crippen molar-refractivity contribution in [1.29, 1.82) is 0 Å². The van der Waals surface area contributed by atoms with E-state index in [9.17, 15) is 0 Å². The predicted molar refractivity (Wildman–Crippen MR) is 152 cm³/mol. The molecule has 0 radical (unpaired) electrons. The molecule has 0 spiro atoms. The second kappa shape index (κ2) is 7.35. The zero-order chi connectivity index (χ0) is 24.6. The molecule has 2 aliphatic heterocycles. The van der Waals surface area contributed by atoms with E-state index in [1.807, 2.05) is 12.1 Å². The Morgan fingerprint density at radius 1 is 0.778 bits per heavy atom. The molecule has 2 bridgehead atoms. The Morgan fingerprint density at radius 3 is 2.28 bits per heavy atom. The summed E-state index contributed by atoms with van der Waals surface area (Å²) in [6.07, 6.45) is 3.38. The maximum Gasteiger partial charge on any atom is 0.0537 e.